The number of anilines is 1. The lowest BCUT2D eigenvalue weighted by molar-refractivity contribution is 0.0303. The molecule has 8 nitrogen and oxygen atoms in total. The van der Waals surface area contributed by atoms with E-state index in [0.717, 1.165) is 10.9 Å². The molecule has 2 aromatic heterocycles. The maximum atomic E-state index is 12.8. The number of nitrogens with zero attached hydrogens (tertiary/aromatic N) is 2. The van der Waals surface area contributed by atoms with E-state index in [1.54, 1.807) is 23.1 Å². The van der Waals surface area contributed by atoms with Crippen molar-refractivity contribution in [2.45, 2.75) is 0 Å². The van der Waals surface area contributed by atoms with Crippen molar-refractivity contribution in [1.82, 2.24) is 19.9 Å². The number of aromatic amines is 2. The average molecular weight is 389 g/mol. The van der Waals surface area contributed by atoms with Crippen LogP contribution in [0.1, 0.15) is 10.4 Å². The van der Waals surface area contributed by atoms with Gasteiger partial charge in [-0.05, 0) is 29.7 Å². The predicted molar refractivity (Wildman–Crippen MR) is 111 cm³/mol. The number of nitrogens with one attached hydrogen (secondary N) is 2. The smallest absolute Gasteiger partial charge is 0.259 e. The van der Waals surface area contributed by atoms with Crippen LogP contribution in [0.2, 0.25) is 0 Å². The molecule has 5 rings (SSSR count). The van der Waals surface area contributed by atoms with E-state index in [9.17, 15) is 9.59 Å². The summed E-state index contributed by atoms with van der Waals surface area (Å²) in [5.41, 5.74) is 9.09. The minimum absolute atomic E-state index is 0.138. The first kappa shape index (κ1) is 17.4. The highest BCUT2D eigenvalue weighted by Crippen LogP contribution is 2.27. The summed E-state index contributed by atoms with van der Waals surface area (Å²) in [7, 11) is 0. The number of para-hydroxylation sites is 1. The molecule has 0 aliphatic carbocycles. The lowest BCUT2D eigenvalue weighted by Gasteiger charge is -2.27. The van der Waals surface area contributed by atoms with Crippen LogP contribution >= 0.6 is 0 Å². The van der Waals surface area contributed by atoms with Crippen molar-refractivity contribution in [2.75, 3.05) is 32.0 Å². The first-order valence-corrected chi connectivity index (χ1v) is 9.39. The molecule has 0 spiro atoms. The number of benzene rings is 2. The quantitative estimate of drug-likeness (QED) is 0.454. The lowest BCUT2D eigenvalue weighted by Crippen LogP contribution is -2.40. The normalized spacial score (nSPS) is 14.6. The number of pyridine rings is 1. The van der Waals surface area contributed by atoms with E-state index < -0.39 is 0 Å². The first-order chi connectivity index (χ1) is 14.1. The summed E-state index contributed by atoms with van der Waals surface area (Å²) in [6.07, 6.45) is 0. The summed E-state index contributed by atoms with van der Waals surface area (Å²) >= 11 is 0. The molecule has 1 fully saturated rings. The van der Waals surface area contributed by atoms with E-state index >= 15 is 0 Å². The largest absolute Gasteiger partial charge is 0.396 e. The highest BCUT2D eigenvalue weighted by molar-refractivity contribution is 6.06. The number of hydrogen-bond acceptors (Lipinski definition) is 5. The third-order valence-corrected chi connectivity index (χ3v) is 5.23. The molecule has 1 amide bonds. The Hall–Kier alpha value is -3.65. The SMILES string of the molecule is Nc1c(C(=O)N2CCOCC2)ccc2[nH]c(-c3cc4ccccc4[nH]c3=O)nc12. The van der Waals surface area contributed by atoms with Crippen LogP contribution in [0, 0.1) is 0 Å². The second kappa shape index (κ2) is 6.75. The number of carbonyl (C=O) groups is 1. The van der Waals surface area contributed by atoms with Crippen LogP contribution in [0.25, 0.3) is 33.3 Å². The summed E-state index contributed by atoms with van der Waals surface area (Å²) in [5.74, 6) is 0.274. The summed E-state index contributed by atoms with van der Waals surface area (Å²) in [5, 5.41) is 0.902. The van der Waals surface area contributed by atoms with E-state index in [1.165, 1.54) is 0 Å². The summed E-state index contributed by atoms with van der Waals surface area (Å²) < 4.78 is 5.31. The Morgan fingerprint density at radius 3 is 2.69 bits per heavy atom. The van der Waals surface area contributed by atoms with Gasteiger partial charge in [0.15, 0.2) is 0 Å². The molecule has 0 atom stereocenters. The van der Waals surface area contributed by atoms with Crippen LogP contribution in [-0.4, -0.2) is 52.1 Å². The number of morpholine rings is 1. The van der Waals surface area contributed by atoms with Crippen LogP contribution in [0.15, 0.2) is 47.3 Å². The van der Waals surface area contributed by atoms with Crippen molar-refractivity contribution in [1.29, 1.82) is 0 Å². The molecular formula is C21H19N5O3. The molecule has 29 heavy (non-hydrogen) atoms. The van der Waals surface area contributed by atoms with E-state index in [0.29, 0.717) is 60.0 Å². The van der Waals surface area contributed by atoms with Gasteiger partial charge in [0.1, 0.15) is 11.3 Å². The first-order valence-electron chi connectivity index (χ1n) is 9.39. The topological polar surface area (TPSA) is 117 Å². The molecule has 1 saturated heterocycles. The number of imidazole rings is 1. The van der Waals surface area contributed by atoms with Crippen LogP contribution < -0.4 is 11.3 Å². The molecule has 1 aliphatic heterocycles. The predicted octanol–water partition coefficient (Wildman–Crippen LogP) is 2.13. The molecule has 0 saturated carbocycles. The van der Waals surface area contributed by atoms with Gasteiger partial charge in [0.05, 0.1) is 35.5 Å². The van der Waals surface area contributed by atoms with Crippen molar-refractivity contribution in [3.05, 3.63) is 58.4 Å². The average Bonchev–Trinajstić information content (AvgIpc) is 3.19. The fourth-order valence-corrected chi connectivity index (χ4v) is 3.67. The molecule has 1 aliphatic rings. The van der Waals surface area contributed by atoms with Gasteiger partial charge in [-0.1, -0.05) is 18.2 Å². The molecule has 8 heteroatoms. The molecule has 0 bridgehead atoms. The molecule has 0 radical (unpaired) electrons. The number of carbonyl (C=O) groups excluding carboxylic acids is 1. The van der Waals surface area contributed by atoms with Crippen LogP contribution in [0.5, 0.6) is 0 Å². The zero-order valence-electron chi connectivity index (χ0n) is 15.6. The highest BCUT2D eigenvalue weighted by atomic mass is 16.5. The number of H-pyrrole nitrogens is 2. The van der Waals surface area contributed by atoms with Gasteiger partial charge >= 0.3 is 0 Å². The number of nitrogens with two attached hydrogens (primary N) is 1. The van der Waals surface area contributed by atoms with E-state index in [1.807, 2.05) is 24.3 Å². The van der Waals surface area contributed by atoms with Crippen molar-refractivity contribution >= 4 is 33.5 Å². The standard InChI is InChI=1S/C21H19N5O3/c22-17-13(21(28)26-7-9-29-10-8-26)5-6-16-18(17)25-19(23-16)14-11-12-3-1-2-4-15(12)24-20(14)27/h1-6,11H,7-10,22H2,(H,23,25)(H,24,27). The number of amides is 1. The number of nitrogen functional groups attached to an aromatic ring is 1. The zero-order chi connectivity index (χ0) is 20.0. The Kier molecular flexibility index (Phi) is 4.06. The van der Waals surface area contributed by atoms with Gasteiger partial charge in [0.2, 0.25) is 0 Å². The third kappa shape index (κ3) is 2.94. The molecule has 4 aromatic rings. The van der Waals surface area contributed by atoms with Gasteiger partial charge in [-0.25, -0.2) is 4.98 Å². The Balaban J connectivity index is 1.59. The highest BCUT2D eigenvalue weighted by Gasteiger charge is 2.22. The molecule has 0 unspecified atom stereocenters. The molecular weight excluding hydrogens is 370 g/mol. The molecule has 146 valence electrons. The maximum absolute atomic E-state index is 12.8. The van der Waals surface area contributed by atoms with Gasteiger partial charge in [0, 0.05) is 18.6 Å². The fourth-order valence-electron chi connectivity index (χ4n) is 3.67. The number of hydrogen-bond donors (Lipinski definition) is 3. The van der Waals surface area contributed by atoms with E-state index in [4.69, 9.17) is 10.5 Å². The van der Waals surface area contributed by atoms with E-state index in [2.05, 4.69) is 15.0 Å². The summed E-state index contributed by atoms with van der Waals surface area (Å²) in [6, 6.07) is 12.8. The maximum Gasteiger partial charge on any atom is 0.259 e. The summed E-state index contributed by atoms with van der Waals surface area (Å²) in [6.45, 7) is 2.11. The number of rotatable bonds is 2. The third-order valence-electron chi connectivity index (χ3n) is 5.23. The van der Waals surface area contributed by atoms with Crippen LogP contribution in [0.3, 0.4) is 0 Å². The minimum Gasteiger partial charge on any atom is -0.396 e. The van der Waals surface area contributed by atoms with Crippen LogP contribution in [-0.2, 0) is 4.74 Å². The monoisotopic (exact) mass is 389 g/mol. The van der Waals surface area contributed by atoms with Gasteiger partial charge in [-0.15, -0.1) is 0 Å². The molecule has 3 heterocycles. The molecule has 2 aromatic carbocycles. The Bertz CT molecular complexity index is 1300. The van der Waals surface area contributed by atoms with Gasteiger partial charge in [0.25, 0.3) is 11.5 Å². The van der Waals surface area contributed by atoms with Gasteiger partial charge in [-0.2, -0.15) is 0 Å². The van der Waals surface area contributed by atoms with Crippen LogP contribution in [0.4, 0.5) is 5.69 Å². The van der Waals surface area contributed by atoms with Crippen molar-refractivity contribution in [3.63, 3.8) is 0 Å². The Morgan fingerprint density at radius 2 is 1.86 bits per heavy atom. The second-order valence-corrected chi connectivity index (χ2v) is 7.01. The molecule has 4 N–H and O–H groups in total. The number of ether oxygens (including phenoxy) is 1. The van der Waals surface area contributed by atoms with E-state index in [-0.39, 0.29) is 11.5 Å². The van der Waals surface area contributed by atoms with Gasteiger partial charge < -0.3 is 25.3 Å². The minimum atomic E-state index is -0.244. The van der Waals surface area contributed by atoms with Crippen molar-refractivity contribution in [2.24, 2.45) is 0 Å². The van der Waals surface area contributed by atoms with Crippen molar-refractivity contribution in [3.8, 4) is 11.4 Å². The Labute approximate surface area is 165 Å². The number of aromatic nitrogens is 3. The summed E-state index contributed by atoms with van der Waals surface area (Å²) in [4.78, 5) is 37.7. The fraction of sp³-hybridized carbons (Fsp3) is 0.190. The second-order valence-electron chi connectivity index (χ2n) is 7.01. The van der Waals surface area contributed by atoms with Crippen molar-refractivity contribution < 1.29 is 9.53 Å². The van der Waals surface area contributed by atoms with Gasteiger partial charge in [-0.3, -0.25) is 9.59 Å². The Morgan fingerprint density at radius 1 is 1.07 bits per heavy atom. The lowest BCUT2D eigenvalue weighted by atomic mass is 10.1. The number of fused-ring (bicyclic) bond motifs is 2. The zero-order valence-corrected chi connectivity index (χ0v) is 15.6.